The summed E-state index contributed by atoms with van der Waals surface area (Å²) >= 11 is 1.82. The third-order valence-electron chi connectivity index (χ3n) is 4.61. The van der Waals surface area contributed by atoms with Crippen molar-refractivity contribution in [1.29, 1.82) is 0 Å². The molecule has 2 N–H and O–H groups in total. The zero-order valence-electron chi connectivity index (χ0n) is 12.5. The predicted molar refractivity (Wildman–Crippen MR) is 88.6 cm³/mol. The number of amides is 1. The van der Waals surface area contributed by atoms with Gasteiger partial charge in [-0.25, -0.2) is 0 Å². The van der Waals surface area contributed by atoms with E-state index in [0.717, 1.165) is 18.4 Å². The maximum absolute atomic E-state index is 11.5. The van der Waals surface area contributed by atoms with E-state index in [0.29, 0.717) is 30.8 Å². The van der Waals surface area contributed by atoms with Crippen molar-refractivity contribution in [2.24, 2.45) is 0 Å². The summed E-state index contributed by atoms with van der Waals surface area (Å²) in [5.74, 6) is -0.0353. The first kappa shape index (κ1) is 15.1. The average Bonchev–Trinajstić information content (AvgIpc) is 2.45. The molecular formula is C15H19N3O3S. The van der Waals surface area contributed by atoms with Gasteiger partial charge in [0.25, 0.3) is 5.69 Å². The molecule has 2 aliphatic rings. The van der Waals surface area contributed by atoms with Crippen molar-refractivity contribution in [3.05, 3.63) is 27.8 Å². The van der Waals surface area contributed by atoms with E-state index in [1.165, 1.54) is 6.42 Å². The summed E-state index contributed by atoms with van der Waals surface area (Å²) in [6.45, 7) is 0.710. The second kappa shape index (κ2) is 5.79. The summed E-state index contributed by atoms with van der Waals surface area (Å²) in [5.41, 5.74) is 2.10. The van der Waals surface area contributed by atoms with Crippen LogP contribution in [0.1, 0.15) is 31.2 Å². The first-order valence-electron chi connectivity index (χ1n) is 7.43. The third kappa shape index (κ3) is 2.77. The molecule has 1 saturated carbocycles. The Bertz CT molecular complexity index is 623. The number of nitrogens with zero attached hydrogens (tertiary/aromatic N) is 1. The molecule has 1 aromatic carbocycles. The Hall–Kier alpha value is -1.76. The summed E-state index contributed by atoms with van der Waals surface area (Å²) in [5, 5.41) is 17.4. The highest BCUT2D eigenvalue weighted by Crippen LogP contribution is 2.43. The van der Waals surface area contributed by atoms with Crippen LogP contribution < -0.4 is 10.6 Å². The number of hydrogen-bond acceptors (Lipinski definition) is 5. The monoisotopic (exact) mass is 321 g/mol. The highest BCUT2D eigenvalue weighted by Gasteiger charge is 2.36. The second-order valence-electron chi connectivity index (χ2n) is 5.93. The lowest BCUT2D eigenvalue weighted by Gasteiger charge is -2.40. The largest absolute Gasteiger partial charge is 0.378 e. The molecule has 0 saturated heterocycles. The Labute approximate surface area is 133 Å². The lowest BCUT2D eigenvalue weighted by Crippen LogP contribution is -2.40. The minimum Gasteiger partial charge on any atom is -0.378 e. The fraction of sp³-hybridized carbons (Fsp3) is 0.533. The van der Waals surface area contributed by atoms with E-state index in [2.05, 4.69) is 16.9 Å². The molecule has 0 radical (unpaired) electrons. The molecule has 1 fully saturated rings. The van der Waals surface area contributed by atoms with Gasteiger partial charge in [0.05, 0.1) is 4.92 Å². The summed E-state index contributed by atoms with van der Waals surface area (Å²) in [6.07, 6.45) is 6.50. The van der Waals surface area contributed by atoms with Gasteiger partial charge in [-0.15, -0.1) is 0 Å². The standard InChI is InChI=1S/C15H19N3O3S/c1-22-15(5-2-6-15)9-16-12-8-11-10(3-4-14(19)17-11)7-13(12)18(20)21/h7-8,16H,2-6,9H2,1H3,(H,17,19). The molecule has 0 spiro atoms. The Balaban J connectivity index is 1.86. The number of carbonyl (C=O) groups is 1. The molecule has 6 nitrogen and oxygen atoms in total. The van der Waals surface area contributed by atoms with Gasteiger partial charge in [0.2, 0.25) is 5.91 Å². The first-order chi connectivity index (χ1) is 10.5. The lowest BCUT2D eigenvalue weighted by molar-refractivity contribution is -0.384. The molecular weight excluding hydrogens is 302 g/mol. The van der Waals surface area contributed by atoms with E-state index in [-0.39, 0.29) is 21.3 Å². The van der Waals surface area contributed by atoms with Gasteiger partial charge in [0.1, 0.15) is 5.69 Å². The number of aryl methyl sites for hydroxylation is 1. The van der Waals surface area contributed by atoms with Crippen molar-refractivity contribution in [3.63, 3.8) is 0 Å². The van der Waals surface area contributed by atoms with Crippen LogP contribution >= 0.6 is 11.8 Å². The van der Waals surface area contributed by atoms with Gasteiger partial charge in [-0.3, -0.25) is 14.9 Å². The van der Waals surface area contributed by atoms with Gasteiger partial charge < -0.3 is 10.6 Å². The Morgan fingerprint density at radius 2 is 2.18 bits per heavy atom. The van der Waals surface area contributed by atoms with Crippen molar-refractivity contribution >= 4 is 34.7 Å². The topological polar surface area (TPSA) is 84.3 Å². The van der Waals surface area contributed by atoms with Crippen LogP contribution in [-0.2, 0) is 11.2 Å². The zero-order chi connectivity index (χ0) is 15.7. The summed E-state index contributed by atoms with van der Waals surface area (Å²) in [4.78, 5) is 22.5. The van der Waals surface area contributed by atoms with Crippen molar-refractivity contribution < 1.29 is 9.72 Å². The van der Waals surface area contributed by atoms with Crippen LogP contribution in [0.4, 0.5) is 17.1 Å². The first-order valence-corrected chi connectivity index (χ1v) is 8.66. The fourth-order valence-corrected chi connectivity index (χ4v) is 3.90. The van der Waals surface area contributed by atoms with Gasteiger partial charge >= 0.3 is 0 Å². The van der Waals surface area contributed by atoms with Crippen LogP contribution in [0.2, 0.25) is 0 Å². The Morgan fingerprint density at radius 3 is 2.77 bits per heavy atom. The van der Waals surface area contributed by atoms with Gasteiger partial charge in [0, 0.05) is 29.5 Å². The fourth-order valence-electron chi connectivity index (χ4n) is 2.99. The number of benzene rings is 1. The molecule has 1 amide bonds. The number of carbonyl (C=O) groups excluding carboxylic acids is 1. The molecule has 1 aromatic rings. The molecule has 0 aromatic heterocycles. The minimum absolute atomic E-state index is 0.0353. The highest BCUT2D eigenvalue weighted by molar-refractivity contribution is 8.00. The van der Waals surface area contributed by atoms with E-state index in [9.17, 15) is 14.9 Å². The summed E-state index contributed by atoms with van der Waals surface area (Å²) in [6, 6.07) is 3.29. The van der Waals surface area contributed by atoms with Crippen molar-refractivity contribution in [3.8, 4) is 0 Å². The minimum atomic E-state index is -0.356. The van der Waals surface area contributed by atoms with Crippen LogP contribution in [0.3, 0.4) is 0 Å². The van der Waals surface area contributed by atoms with Gasteiger partial charge in [-0.1, -0.05) is 6.42 Å². The average molecular weight is 321 g/mol. The van der Waals surface area contributed by atoms with Crippen LogP contribution in [-0.4, -0.2) is 28.4 Å². The molecule has 1 heterocycles. The highest BCUT2D eigenvalue weighted by atomic mass is 32.2. The maximum atomic E-state index is 11.5. The van der Waals surface area contributed by atoms with Crippen LogP contribution in [0.5, 0.6) is 0 Å². The van der Waals surface area contributed by atoms with E-state index >= 15 is 0 Å². The quantitative estimate of drug-likeness (QED) is 0.643. The van der Waals surface area contributed by atoms with Gasteiger partial charge in [-0.2, -0.15) is 11.8 Å². The Morgan fingerprint density at radius 1 is 1.41 bits per heavy atom. The normalized spacial score (nSPS) is 18.9. The van der Waals surface area contributed by atoms with E-state index in [1.54, 1.807) is 12.1 Å². The number of nitro benzene ring substituents is 1. The number of anilines is 2. The van der Waals surface area contributed by atoms with E-state index < -0.39 is 0 Å². The molecule has 1 aliphatic heterocycles. The molecule has 22 heavy (non-hydrogen) atoms. The molecule has 1 aliphatic carbocycles. The maximum Gasteiger partial charge on any atom is 0.292 e. The van der Waals surface area contributed by atoms with E-state index in [1.807, 2.05) is 11.8 Å². The number of rotatable bonds is 5. The summed E-state index contributed by atoms with van der Waals surface area (Å²) in [7, 11) is 0. The van der Waals surface area contributed by atoms with Crippen molar-refractivity contribution in [2.45, 2.75) is 36.9 Å². The van der Waals surface area contributed by atoms with Crippen molar-refractivity contribution in [1.82, 2.24) is 0 Å². The number of fused-ring (bicyclic) bond motifs is 1. The van der Waals surface area contributed by atoms with Crippen LogP contribution in [0.25, 0.3) is 0 Å². The molecule has 0 atom stereocenters. The number of nitro groups is 1. The smallest absolute Gasteiger partial charge is 0.292 e. The number of hydrogen-bond donors (Lipinski definition) is 2. The zero-order valence-corrected chi connectivity index (χ0v) is 13.3. The molecule has 118 valence electrons. The van der Waals surface area contributed by atoms with E-state index in [4.69, 9.17) is 0 Å². The third-order valence-corrected chi connectivity index (χ3v) is 6.03. The molecule has 7 heteroatoms. The number of nitrogens with one attached hydrogen (secondary N) is 2. The molecule has 0 bridgehead atoms. The molecule has 0 unspecified atom stereocenters. The van der Waals surface area contributed by atoms with Crippen LogP contribution in [0, 0.1) is 10.1 Å². The van der Waals surface area contributed by atoms with Crippen LogP contribution in [0.15, 0.2) is 12.1 Å². The second-order valence-corrected chi connectivity index (χ2v) is 7.20. The van der Waals surface area contributed by atoms with Gasteiger partial charge in [-0.05, 0) is 37.1 Å². The van der Waals surface area contributed by atoms with Crippen molar-refractivity contribution in [2.75, 3.05) is 23.4 Å². The Kier molecular flexibility index (Phi) is 3.99. The predicted octanol–water partition coefficient (Wildman–Crippen LogP) is 3.18. The number of thioether (sulfide) groups is 1. The summed E-state index contributed by atoms with van der Waals surface area (Å²) < 4.78 is 0.188. The molecule has 3 rings (SSSR count). The lowest BCUT2D eigenvalue weighted by atomic mass is 9.84. The SMILES string of the molecule is CSC1(CNc2cc3c(cc2[N+](=O)[O-])CCC(=O)N3)CCC1. The van der Waals surface area contributed by atoms with Gasteiger partial charge in [0.15, 0.2) is 0 Å².